The van der Waals surface area contributed by atoms with Crippen LogP contribution in [0.5, 0.6) is 0 Å². The Morgan fingerprint density at radius 2 is 2.00 bits per heavy atom. The number of carbonyl (C=O) groups excluding carboxylic acids is 1. The van der Waals surface area contributed by atoms with Crippen LogP contribution in [0.25, 0.3) is 6.08 Å². The van der Waals surface area contributed by atoms with E-state index >= 15 is 0 Å². The summed E-state index contributed by atoms with van der Waals surface area (Å²) in [6, 6.07) is 7.90. The van der Waals surface area contributed by atoms with Crippen molar-refractivity contribution in [1.29, 1.82) is 0 Å². The van der Waals surface area contributed by atoms with Crippen LogP contribution in [0.1, 0.15) is 52.0 Å². The number of halogens is 1. The fourth-order valence-corrected chi connectivity index (χ4v) is 5.57. The molecule has 1 saturated carbocycles. The molecule has 1 aliphatic heterocycles. The highest BCUT2D eigenvalue weighted by Gasteiger charge is 2.67. The van der Waals surface area contributed by atoms with Crippen LogP contribution < -0.4 is 4.90 Å². The van der Waals surface area contributed by atoms with E-state index in [1.807, 2.05) is 50.2 Å². The molecule has 7 heteroatoms. The molecule has 0 aromatic heterocycles. The lowest BCUT2D eigenvalue weighted by molar-refractivity contribution is -0.189. The maximum Gasteiger partial charge on any atom is 0.331 e. The van der Waals surface area contributed by atoms with Gasteiger partial charge in [0.25, 0.3) is 0 Å². The molecule has 1 aromatic rings. The number of hydrogen-bond acceptors (Lipinski definition) is 6. The zero-order valence-electron chi connectivity index (χ0n) is 21.3. The van der Waals surface area contributed by atoms with Crippen LogP contribution >= 0.6 is 11.6 Å². The second-order valence-corrected chi connectivity index (χ2v) is 10.8. The van der Waals surface area contributed by atoms with Crippen molar-refractivity contribution in [3.05, 3.63) is 35.9 Å². The topological polar surface area (TPSA) is 71.5 Å². The van der Waals surface area contributed by atoms with Crippen LogP contribution in [0, 0.1) is 11.8 Å². The van der Waals surface area contributed by atoms with Gasteiger partial charge in [-0.3, -0.25) is 0 Å². The van der Waals surface area contributed by atoms with E-state index in [9.17, 15) is 9.90 Å². The van der Waals surface area contributed by atoms with Gasteiger partial charge in [0.05, 0.1) is 23.5 Å². The zero-order chi connectivity index (χ0) is 25.1. The summed E-state index contributed by atoms with van der Waals surface area (Å²) in [4.78, 5) is 14.7. The number of hydrogen-bond donors (Lipinski definition) is 1. The Hall–Kier alpha value is -1.60. The van der Waals surface area contributed by atoms with Gasteiger partial charge in [-0.1, -0.05) is 26.0 Å². The van der Waals surface area contributed by atoms with Crippen LogP contribution in [-0.4, -0.2) is 67.7 Å². The summed E-state index contributed by atoms with van der Waals surface area (Å²) in [5, 5.41) is 11.4. The first-order valence-electron chi connectivity index (χ1n) is 12.2. The second-order valence-electron chi connectivity index (χ2n) is 10.5. The average molecular weight is 494 g/mol. The molecule has 1 aromatic carbocycles. The van der Waals surface area contributed by atoms with Gasteiger partial charge in [0.2, 0.25) is 0 Å². The predicted octanol–water partition coefficient (Wildman–Crippen LogP) is 4.67. The van der Waals surface area contributed by atoms with Gasteiger partial charge in [0.1, 0.15) is 17.8 Å². The Kier molecular flexibility index (Phi) is 8.72. The summed E-state index contributed by atoms with van der Waals surface area (Å²) >= 11 is 6.27. The predicted molar refractivity (Wildman–Crippen MR) is 136 cm³/mol. The Labute approximate surface area is 209 Å². The minimum atomic E-state index is -1.14. The highest BCUT2D eigenvalue weighted by molar-refractivity contribution is 6.18. The average Bonchev–Trinajstić information content (AvgIpc) is 3.47. The van der Waals surface area contributed by atoms with Crippen molar-refractivity contribution in [3.63, 3.8) is 0 Å². The number of anilines is 1. The SMILES string of the molecule is COC1C(OC(=O)C=Cc2ccc(N(C)C)cc2)CCC(O)(CCl)C1C1(C)OC1CCC(C)C. The van der Waals surface area contributed by atoms with Crippen LogP contribution in [0.15, 0.2) is 30.3 Å². The summed E-state index contributed by atoms with van der Waals surface area (Å²) in [6.45, 7) is 6.40. The molecule has 1 aliphatic carbocycles. The van der Waals surface area contributed by atoms with E-state index in [1.165, 1.54) is 6.08 Å². The van der Waals surface area contributed by atoms with Gasteiger partial charge < -0.3 is 24.2 Å². The molecular weight excluding hydrogens is 454 g/mol. The van der Waals surface area contributed by atoms with E-state index in [-0.39, 0.29) is 12.0 Å². The number of epoxide rings is 1. The Balaban J connectivity index is 1.70. The van der Waals surface area contributed by atoms with E-state index in [0.29, 0.717) is 18.8 Å². The molecule has 1 heterocycles. The van der Waals surface area contributed by atoms with Crippen LogP contribution in [0.4, 0.5) is 5.69 Å². The fourth-order valence-electron chi connectivity index (χ4n) is 5.27. The molecule has 0 spiro atoms. The number of methoxy groups -OCH3 is 1. The summed E-state index contributed by atoms with van der Waals surface area (Å²) in [6.07, 6.45) is 5.07. The maximum atomic E-state index is 12.7. The number of esters is 1. The molecule has 2 aliphatic rings. The Morgan fingerprint density at radius 1 is 1.32 bits per heavy atom. The van der Waals surface area contributed by atoms with Crippen molar-refractivity contribution >= 4 is 29.3 Å². The van der Waals surface area contributed by atoms with Crippen molar-refractivity contribution < 1.29 is 24.1 Å². The molecule has 0 amide bonds. The summed E-state index contributed by atoms with van der Waals surface area (Å²) in [5.74, 6) is -0.174. The van der Waals surface area contributed by atoms with Gasteiger partial charge in [0.15, 0.2) is 0 Å². The third-order valence-corrected chi connectivity index (χ3v) is 7.79. The molecule has 6 atom stereocenters. The first kappa shape index (κ1) is 27.0. The third-order valence-electron chi connectivity index (χ3n) is 7.33. The number of aliphatic hydroxyl groups is 1. The van der Waals surface area contributed by atoms with E-state index in [1.54, 1.807) is 13.2 Å². The largest absolute Gasteiger partial charge is 0.456 e. The third kappa shape index (κ3) is 5.96. The van der Waals surface area contributed by atoms with Crippen molar-refractivity contribution in [1.82, 2.24) is 0 Å². The Morgan fingerprint density at radius 3 is 2.56 bits per heavy atom. The first-order valence-corrected chi connectivity index (χ1v) is 12.7. The van der Waals surface area contributed by atoms with Crippen LogP contribution in [0.3, 0.4) is 0 Å². The minimum Gasteiger partial charge on any atom is -0.456 e. The Bertz CT molecular complexity index is 857. The van der Waals surface area contributed by atoms with E-state index in [2.05, 4.69) is 13.8 Å². The van der Waals surface area contributed by atoms with Gasteiger partial charge in [0, 0.05) is 33.0 Å². The number of benzene rings is 1. The molecule has 34 heavy (non-hydrogen) atoms. The van der Waals surface area contributed by atoms with Gasteiger partial charge >= 0.3 is 5.97 Å². The molecule has 190 valence electrons. The van der Waals surface area contributed by atoms with Crippen LogP contribution in [-0.2, 0) is 19.0 Å². The summed E-state index contributed by atoms with van der Waals surface area (Å²) in [7, 11) is 5.56. The molecule has 6 unspecified atom stereocenters. The fraction of sp³-hybridized carbons (Fsp3) is 0.667. The molecule has 3 rings (SSSR count). The lowest BCUT2D eigenvalue weighted by Gasteiger charge is -2.48. The molecule has 2 fully saturated rings. The molecular formula is C27H40ClNO5. The maximum absolute atomic E-state index is 12.7. The molecule has 6 nitrogen and oxygen atoms in total. The first-order chi connectivity index (χ1) is 16.0. The molecule has 1 saturated heterocycles. The lowest BCUT2D eigenvalue weighted by Crippen LogP contribution is -2.61. The zero-order valence-corrected chi connectivity index (χ0v) is 22.0. The van der Waals surface area contributed by atoms with Gasteiger partial charge in [-0.2, -0.15) is 0 Å². The monoisotopic (exact) mass is 493 g/mol. The molecule has 1 N–H and O–H groups in total. The number of ether oxygens (including phenoxy) is 3. The van der Waals surface area contributed by atoms with Gasteiger partial charge in [-0.05, 0) is 62.3 Å². The highest BCUT2D eigenvalue weighted by Crippen LogP contribution is 2.55. The van der Waals surface area contributed by atoms with Crippen molar-refractivity contribution in [2.75, 3.05) is 32.0 Å². The van der Waals surface area contributed by atoms with E-state index in [0.717, 1.165) is 24.1 Å². The summed E-state index contributed by atoms with van der Waals surface area (Å²) in [5.41, 5.74) is 0.297. The van der Waals surface area contributed by atoms with Crippen LogP contribution in [0.2, 0.25) is 0 Å². The second kappa shape index (κ2) is 11.0. The van der Waals surface area contributed by atoms with Crippen molar-refractivity contribution in [2.24, 2.45) is 11.8 Å². The molecule has 0 bridgehead atoms. The van der Waals surface area contributed by atoms with E-state index in [4.69, 9.17) is 25.8 Å². The smallest absolute Gasteiger partial charge is 0.331 e. The van der Waals surface area contributed by atoms with Gasteiger partial charge in [-0.25, -0.2) is 4.79 Å². The van der Waals surface area contributed by atoms with Gasteiger partial charge in [-0.15, -0.1) is 11.6 Å². The number of carbonyl (C=O) groups is 1. The molecule has 0 radical (unpaired) electrons. The summed E-state index contributed by atoms with van der Waals surface area (Å²) < 4.78 is 17.8. The quantitative estimate of drug-likeness (QED) is 0.221. The van der Waals surface area contributed by atoms with E-state index < -0.39 is 35.3 Å². The minimum absolute atomic E-state index is 0.0341. The highest BCUT2D eigenvalue weighted by atomic mass is 35.5. The normalized spacial score (nSPS) is 33.3. The van der Waals surface area contributed by atoms with Crippen molar-refractivity contribution in [3.8, 4) is 0 Å². The number of nitrogens with zero attached hydrogens (tertiary/aromatic N) is 1. The number of alkyl halides is 1. The van der Waals surface area contributed by atoms with Crippen molar-refractivity contribution in [2.45, 2.75) is 76.0 Å². The lowest BCUT2D eigenvalue weighted by atomic mass is 9.66. The standard InChI is InChI=1S/C27H40ClNO5/c1-18(2)7-13-22-26(3,34-22)25-24(32-6)21(15-16-27(25,31)17-28)33-23(30)14-10-19-8-11-20(12-9-19)29(4)5/h8-12,14,18,21-22,24-25,31H,7,13,15-17H2,1-6H3. The number of rotatable bonds is 10.